The predicted octanol–water partition coefficient (Wildman–Crippen LogP) is 3.21. The summed E-state index contributed by atoms with van der Waals surface area (Å²) in [4.78, 5) is 13.9. The van der Waals surface area contributed by atoms with E-state index >= 15 is 0 Å². The lowest BCUT2D eigenvalue weighted by atomic mass is 9.98. The fourth-order valence-electron chi connectivity index (χ4n) is 2.41. The molecule has 0 aliphatic carbocycles. The molecule has 0 radical (unpaired) electrons. The lowest BCUT2D eigenvalue weighted by Gasteiger charge is -2.17. The number of carbonyl (C=O) groups excluding carboxylic acids is 1. The summed E-state index contributed by atoms with van der Waals surface area (Å²) in [6, 6.07) is 7.71. The summed E-state index contributed by atoms with van der Waals surface area (Å²) in [6.45, 7) is 1.41. The Balaban J connectivity index is 1.65. The van der Waals surface area contributed by atoms with E-state index in [4.69, 9.17) is 11.6 Å². The molecule has 2 aromatic rings. The number of anilines is 1. The van der Waals surface area contributed by atoms with Gasteiger partial charge in [0.25, 0.3) is 0 Å². The minimum absolute atomic E-state index is 0.106. The average Bonchev–Trinajstić information content (AvgIpc) is 3.10. The zero-order valence-electron chi connectivity index (χ0n) is 10.6. The van der Waals surface area contributed by atoms with E-state index in [0.29, 0.717) is 17.5 Å². The molecule has 5 nitrogen and oxygen atoms in total. The van der Waals surface area contributed by atoms with Crippen molar-refractivity contribution in [3.05, 3.63) is 41.0 Å². The van der Waals surface area contributed by atoms with Gasteiger partial charge in [-0.2, -0.15) is 0 Å². The number of nitrogens with one attached hydrogen (secondary N) is 1. The number of rotatable bonds is 2. The molecule has 2 amide bonds. The molecule has 1 fully saturated rings. The lowest BCUT2D eigenvalue weighted by molar-refractivity contribution is 0.222. The van der Waals surface area contributed by atoms with Crippen LogP contribution >= 0.6 is 23.1 Å². The molecule has 3 rings (SSSR count). The minimum Gasteiger partial charge on any atom is -0.324 e. The number of hydrogen-bond donors (Lipinski definition) is 1. The Morgan fingerprint density at radius 1 is 1.45 bits per heavy atom. The SMILES string of the molecule is O=C(Nc1cnns1)N1CC[C@@H](c2ccccc2Cl)C1. The second-order valence-corrected chi connectivity index (χ2v) is 5.86. The van der Waals surface area contributed by atoms with Crippen molar-refractivity contribution in [2.24, 2.45) is 0 Å². The quantitative estimate of drug-likeness (QED) is 0.926. The number of aromatic nitrogens is 2. The van der Waals surface area contributed by atoms with Gasteiger partial charge < -0.3 is 4.90 Å². The highest BCUT2D eigenvalue weighted by atomic mass is 35.5. The van der Waals surface area contributed by atoms with Gasteiger partial charge in [-0.3, -0.25) is 5.32 Å². The van der Waals surface area contributed by atoms with Crippen LogP contribution in [0, 0.1) is 0 Å². The third-order valence-corrected chi connectivity index (χ3v) is 4.34. The Bertz CT molecular complexity index is 604. The largest absolute Gasteiger partial charge is 0.324 e. The number of amides is 2. The van der Waals surface area contributed by atoms with Crippen LogP contribution in [0.25, 0.3) is 0 Å². The first kappa shape index (κ1) is 13.3. The Labute approximate surface area is 125 Å². The Kier molecular flexibility index (Phi) is 3.84. The smallest absolute Gasteiger partial charge is 0.322 e. The van der Waals surface area contributed by atoms with Crippen LogP contribution in [0.3, 0.4) is 0 Å². The molecule has 104 valence electrons. The Morgan fingerprint density at radius 3 is 3.05 bits per heavy atom. The summed E-state index contributed by atoms with van der Waals surface area (Å²) in [5, 5.41) is 7.92. The van der Waals surface area contributed by atoms with E-state index in [2.05, 4.69) is 14.9 Å². The van der Waals surface area contributed by atoms with Crippen molar-refractivity contribution in [1.29, 1.82) is 0 Å². The van der Waals surface area contributed by atoms with Gasteiger partial charge in [0.2, 0.25) is 0 Å². The molecule has 0 saturated carbocycles. The first-order valence-electron chi connectivity index (χ1n) is 6.32. The van der Waals surface area contributed by atoms with Crippen LogP contribution in [0.2, 0.25) is 5.02 Å². The fourth-order valence-corrected chi connectivity index (χ4v) is 3.11. The van der Waals surface area contributed by atoms with Gasteiger partial charge in [-0.05, 0) is 18.1 Å². The van der Waals surface area contributed by atoms with Crippen molar-refractivity contribution < 1.29 is 4.79 Å². The van der Waals surface area contributed by atoms with Crippen molar-refractivity contribution >= 4 is 34.2 Å². The molecule has 1 aromatic heterocycles. The van der Waals surface area contributed by atoms with E-state index in [1.54, 1.807) is 11.1 Å². The maximum atomic E-state index is 12.1. The number of nitrogens with zero attached hydrogens (tertiary/aromatic N) is 3. The summed E-state index contributed by atoms with van der Waals surface area (Å²) < 4.78 is 3.72. The second-order valence-electron chi connectivity index (χ2n) is 4.67. The van der Waals surface area contributed by atoms with E-state index in [1.165, 1.54) is 11.5 Å². The summed E-state index contributed by atoms with van der Waals surface area (Å²) in [5.74, 6) is 0.300. The van der Waals surface area contributed by atoms with Crippen molar-refractivity contribution in [3.8, 4) is 0 Å². The zero-order valence-corrected chi connectivity index (χ0v) is 12.2. The summed E-state index contributed by atoms with van der Waals surface area (Å²) >= 11 is 7.38. The molecular weight excluding hydrogens is 296 g/mol. The second kappa shape index (κ2) is 5.76. The molecule has 0 spiro atoms. The van der Waals surface area contributed by atoms with Gasteiger partial charge in [-0.15, -0.1) is 5.10 Å². The third-order valence-electron chi connectivity index (χ3n) is 3.41. The molecule has 1 aliphatic heterocycles. The van der Waals surface area contributed by atoms with Gasteiger partial charge in [-0.1, -0.05) is 34.3 Å². The summed E-state index contributed by atoms with van der Waals surface area (Å²) in [5.41, 5.74) is 1.11. The van der Waals surface area contributed by atoms with Crippen LogP contribution < -0.4 is 5.32 Å². The topological polar surface area (TPSA) is 58.1 Å². The highest BCUT2D eigenvalue weighted by molar-refractivity contribution is 7.10. The zero-order chi connectivity index (χ0) is 13.9. The van der Waals surface area contributed by atoms with E-state index < -0.39 is 0 Å². The monoisotopic (exact) mass is 308 g/mol. The maximum absolute atomic E-state index is 12.1. The van der Waals surface area contributed by atoms with E-state index in [0.717, 1.165) is 23.6 Å². The highest BCUT2D eigenvalue weighted by Crippen LogP contribution is 2.32. The summed E-state index contributed by atoms with van der Waals surface area (Å²) in [6.07, 6.45) is 2.47. The van der Waals surface area contributed by atoms with E-state index in [9.17, 15) is 4.79 Å². The molecule has 0 unspecified atom stereocenters. The van der Waals surface area contributed by atoms with Crippen molar-refractivity contribution in [2.75, 3.05) is 18.4 Å². The first-order chi connectivity index (χ1) is 9.74. The number of likely N-dealkylation sites (tertiary alicyclic amines) is 1. The summed E-state index contributed by atoms with van der Waals surface area (Å²) in [7, 11) is 0. The molecule has 2 heterocycles. The van der Waals surface area contributed by atoms with Crippen LogP contribution in [-0.2, 0) is 0 Å². The molecule has 1 aromatic carbocycles. The number of hydrogen-bond acceptors (Lipinski definition) is 4. The number of halogens is 1. The predicted molar refractivity (Wildman–Crippen MR) is 79.3 cm³/mol. The highest BCUT2D eigenvalue weighted by Gasteiger charge is 2.28. The molecule has 1 N–H and O–H groups in total. The number of benzene rings is 1. The molecule has 0 bridgehead atoms. The lowest BCUT2D eigenvalue weighted by Crippen LogP contribution is -2.32. The molecule has 7 heteroatoms. The molecular formula is C13H13ClN4OS. The van der Waals surface area contributed by atoms with Crippen molar-refractivity contribution in [2.45, 2.75) is 12.3 Å². The van der Waals surface area contributed by atoms with Gasteiger partial charge in [0.15, 0.2) is 0 Å². The molecule has 1 atom stereocenters. The van der Waals surface area contributed by atoms with Gasteiger partial charge in [0, 0.05) is 35.6 Å². The van der Waals surface area contributed by atoms with Crippen LogP contribution in [0.5, 0.6) is 0 Å². The van der Waals surface area contributed by atoms with Crippen molar-refractivity contribution in [1.82, 2.24) is 14.5 Å². The average molecular weight is 309 g/mol. The van der Waals surface area contributed by atoms with Crippen LogP contribution in [0.1, 0.15) is 17.9 Å². The van der Waals surface area contributed by atoms with Gasteiger partial charge in [0.05, 0.1) is 6.20 Å². The van der Waals surface area contributed by atoms with Gasteiger partial charge >= 0.3 is 6.03 Å². The molecule has 1 saturated heterocycles. The normalized spacial score (nSPS) is 18.2. The van der Waals surface area contributed by atoms with Crippen LogP contribution in [0.15, 0.2) is 30.5 Å². The third kappa shape index (κ3) is 2.76. The minimum atomic E-state index is -0.106. The maximum Gasteiger partial charge on any atom is 0.322 e. The standard InChI is InChI=1S/C13H13ClN4OS/c14-11-4-2-1-3-10(11)9-5-6-18(8-9)13(19)16-12-7-15-17-20-12/h1-4,7,9H,5-6,8H2,(H,16,19)/t9-/m1/s1. The Morgan fingerprint density at radius 2 is 2.30 bits per heavy atom. The van der Waals surface area contributed by atoms with Crippen LogP contribution in [0.4, 0.5) is 9.80 Å². The molecule has 1 aliphatic rings. The number of carbonyl (C=O) groups is 1. The first-order valence-corrected chi connectivity index (χ1v) is 7.47. The fraction of sp³-hybridized carbons (Fsp3) is 0.308. The van der Waals surface area contributed by atoms with Gasteiger partial charge in [0.1, 0.15) is 5.00 Å². The number of urea groups is 1. The Hall–Kier alpha value is -1.66. The van der Waals surface area contributed by atoms with E-state index in [1.807, 2.05) is 24.3 Å². The van der Waals surface area contributed by atoms with Crippen LogP contribution in [-0.4, -0.2) is 33.6 Å². The molecule has 20 heavy (non-hydrogen) atoms. The van der Waals surface area contributed by atoms with Crippen molar-refractivity contribution in [3.63, 3.8) is 0 Å². The van der Waals surface area contributed by atoms with E-state index in [-0.39, 0.29) is 6.03 Å². The van der Waals surface area contributed by atoms with Gasteiger partial charge in [-0.25, -0.2) is 4.79 Å².